The van der Waals surface area contributed by atoms with E-state index in [1.165, 1.54) is 0 Å². The van der Waals surface area contributed by atoms with Crippen molar-refractivity contribution in [2.45, 2.75) is 6.54 Å². The summed E-state index contributed by atoms with van der Waals surface area (Å²) in [5, 5.41) is 16.1. The number of nitrogens with one attached hydrogen (secondary N) is 2. The van der Waals surface area contributed by atoms with Crippen molar-refractivity contribution < 1.29 is 9.59 Å². The van der Waals surface area contributed by atoms with Crippen molar-refractivity contribution in [3.8, 4) is 6.07 Å². The average Bonchev–Trinajstić information content (AvgIpc) is 3.20. The van der Waals surface area contributed by atoms with E-state index in [1.807, 2.05) is 27.3 Å². The van der Waals surface area contributed by atoms with Crippen molar-refractivity contribution >= 4 is 29.1 Å². The predicted octanol–water partition coefficient (Wildman–Crippen LogP) is 1.16. The third-order valence-corrected chi connectivity index (χ3v) is 5.08. The minimum absolute atomic E-state index is 0.160. The van der Waals surface area contributed by atoms with Gasteiger partial charge in [-0.25, -0.2) is 9.78 Å². The van der Waals surface area contributed by atoms with Gasteiger partial charge in [-0.05, 0) is 23.6 Å². The molecule has 1 fully saturated rings. The molecule has 0 bridgehead atoms. The van der Waals surface area contributed by atoms with E-state index in [1.54, 1.807) is 29.7 Å². The Morgan fingerprint density at radius 2 is 2.04 bits per heavy atom. The Balaban J connectivity index is 1.41. The summed E-state index contributed by atoms with van der Waals surface area (Å²) in [6, 6.07) is 8.99. The number of imide groups is 1. The highest BCUT2D eigenvalue weighted by molar-refractivity contribution is 7.09. The van der Waals surface area contributed by atoms with E-state index in [-0.39, 0.29) is 12.5 Å². The highest BCUT2D eigenvalue weighted by atomic mass is 32.1. The van der Waals surface area contributed by atoms with Crippen LogP contribution in [0.15, 0.2) is 35.8 Å². The fourth-order valence-electron chi connectivity index (χ4n) is 2.85. The first-order chi connectivity index (χ1) is 13.2. The topological polar surface area (TPSA) is 101 Å². The molecule has 1 saturated heterocycles. The van der Waals surface area contributed by atoms with Gasteiger partial charge in [0.25, 0.3) is 0 Å². The van der Waals surface area contributed by atoms with Crippen molar-refractivity contribution in [3.05, 3.63) is 46.3 Å². The number of aromatic nitrogens is 1. The summed E-state index contributed by atoms with van der Waals surface area (Å²) in [6.07, 6.45) is 1.67. The average molecular weight is 384 g/mol. The minimum Gasteiger partial charge on any atom is -0.353 e. The molecule has 2 aromatic heterocycles. The van der Waals surface area contributed by atoms with Gasteiger partial charge in [0.15, 0.2) is 0 Å². The number of piperazine rings is 1. The minimum atomic E-state index is -0.487. The Morgan fingerprint density at radius 1 is 1.22 bits per heavy atom. The van der Waals surface area contributed by atoms with Gasteiger partial charge in [0.1, 0.15) is 11.9 Å². The van der Waals surface area contributed by atoms with Gasteiger partial charge in [0, 0.05) is 37.3 Å². The molecule has 3 amide bonds. The maximum absolute atomic E-state index is 12.1. The lowest BCUT2D eigenvalue weighted by atomic mass is 10.2. The number of rotatable bonds is 5. The van der Waals surface area contributed by atoms with E-state index in [9.17, 15) is 14.9 Å². The molecule has 1 aliphatic rings. The van der Waals surface area contributed by atoms with Gasteiger partial charge in [-0.3, -0.25) is 15.0 Å². The lowest BCUT2D eigenvalue weighted by molar-refractivity contribution is -0.121. The standard InChI is InChI=1S/C18H20N6O2S/c19-11-14-3-1-5-20-17(14)24-8-6-23(7-9-24)13-16(25)22-18(26)21-12-15-4-2-10-27-15/h1-5,10H,6-9,12-13H2,(H2,21,22,25,26). The maximum atomic E-state index is 12.1. The van der Waals surface area contributed by atoms with Gasteiger partial charge >= 0.3 is 6.03 Å². The van der Waals surface area contributed by atoms with Crippen LogP contribution in [0.25, 0.3) is 0 Å². The Labute approximate surface area is 161 Å². The fourth-order valence-corrected chi connectivity index (χ4v) is 3.49. The summed E-state index contributed by atoms with van der Waals surface area (Å²) in [5.41, 5.74) is 0.547. The molecule has 0 atom stereocenters. The lowest BCUT2D eigenvalue weighted by Crippen LogP contribution is -2.51. The second-order valence-corrected chi connectivity index (χ2v) is 7.09. The van der Waals surface area contributed by atoms with Crippen LogP contribution in [-0.2, 0) is 11.3 Å². The number of hydrogen-bond donors (Lipinski definition) is 2. The number of thiophene rings is 1. The second kappa shape index (κ2) is 9.12. The summed E-state index contributed by atoms with van der Waals surface area (Å²) in [6.45, 7) is 3.22. The molecule has 2 aromatic rings. The molecule has 0 saturated carbocycles. The molecule has 0 unspecified atom stereocenters. The van der Waals surface area contributed by atoms with E-state index in [4.69, 9.17) is 0 Å². The third kappa shape index (κ3) is 5.26. The van der Waals surface area contributed by atoms with Crippen LogP contribution in [0, 0.1) is 11.3 Å². The van der Waals surface area contributed by atoms with E-state index < -0.39 is 6.03 Å². The number of hydrogen-bond acceptors (Lipinski definition) is 7. The fraction of sp³-hybridized carbons (Fsp3) is 0.333. The quantitative estimate of drug-likeness (QED) is 0.802. The van der Waals surface area contributed by atoms with Crippen LogP contribution in [0.5, 0.6) is 0 Å². The van der Waals surface area contributed by atoms with Gasteiger partial charge in [-0.1, -0.05) is 6.07 Å². The van der Waals surface area contributed by atoms with Crippen molar-refractivity contribution in [1.29, 1.82) is 5.26 Å². The SMILES string of the molecule is N#Cc1cccnc1N1CCN(CC(=O)NC(=O)NCc2cccs2)CC1. The monoisotopic (exact) mass is 384 g/mol. The molecule has 0 radical (unpaired) electrons. The van der Waals surface area contributed by atoms with Crippen LogP contribution in [0.2, 0.25) is 0 Å². The highest BCUT2D eigenvalue weighted by Gasteiger charge is 2.22. The zero-order valence-electron chi connectivity index (χ0n) is 14.7. The van der Waals surface area contributed by atoms with Gasteiger partial charge in [-0.15, -0.1) is 11.3 Å². The molecular formula is C18H20N6O2S. The summed E-state index contributed by atoms with van der Waals surface area (Å²) < 4.78 is 0. The molecule has 2 N–H and O–H groups in total. The zero-order chi connectivity index (χ0) is 19.1. The molecule has 3 rings (SSSR count). The van der Waals surface area contributed by atoms with E-state index in [0.29, 0.717) is 44.1 Å². The number of urea groups is 1. The number of pyridine rings is 1. The Kier molecular flexibility index (Phi) is 6.35. The number of nitrogens with zero attached hydrogens (tertiary/aromatic N) is 4. The molecular weight excluding hydrogens is 364 g/mol. The first kappa shape index (κ1) is 18.8. The molecule has 27 heavy (non-hydrogen) atoms. The largest absolute Gasteiger partial charge is 0.353 e. The first-order valence-electron chi connectivity index (χ1n) is 8.58. The smallest absolute Gasteiger partial charge is 0.321 e. The summed E-state index contributed by atoms with van der Waals surface area (Å²) in [5.74, 6) is 0.347. The first-order valence-corrected chi connectivity index (χ1v) is 9.46. The van der Waals surface area contributed by atoms with E-state index in [0.717, 1.165) is 4.88 Å². The van der Waals surface area contributed by atoms with Crippen LogP contribution < -0.4 is 15.5 Å². The number of nitriles is 1. The molecule has 0 spiro atoms. The molecule has 0 aliphatic carbocycles. The maximum Gasteiger partial charge on any atom is 0.321 e. The van der Waals surface area contributed by atoms with Crippen LogP contribution in [0.4, 0.5) is 10.6 Å². The van der Waals surface area contributed by atoms with Crippen LogP contribution in [-0.4, -0.2) is 54.5 Å². The second-order valence-electron chi connectivity index (χ2n) is 6.06. The van der Waals surface area contributed by atoms with Gasteiger partial charge < -0.3 is 10.2 Å². The molecule has 140 valence electrons. The Morgan fingerprint density at radius 3 is 2.74 bits per heavy atom. The van der Waals surface area contributed by atoms with E-state index in [2.05, 4.69) is 21.7 Å². The summed E-state index contributed by atoms with van der Waals surface area (Å²) in [4.78, 5) is 33.2. The summed E-state index contributed by atoms with van der Waals surface area (Å²) >= 11 is 1.55. The number of carbonyl (C=O) groups excluding carboxylic acids is 2. The Bertz CT molecular complexity index is 825. The van der Waals surface area contributed by atoms with Crippen molar-refractivity contribution in [2.24, 2.45) is 0 Å². The lowest BCUT2D eigenvalue weighted by Gasteiger charge is -2.35. The molecule has 3 heterocycles. The number of amides is 3. The van der Waals surface area contributed by atoms with Crippen molar-refractivity contribution in [3.63, 3.8) is 0 Å². The number of carbonyl (C=O) groups is 2. The van der Waals surface area contributed by atoms with Gasteiger partial charge in [0.05, 0.1) is 18.7 Å². The zero-order valence-corrected chi connectivity index (χ0v) is 15.5. The van der Waals surface area contributed by atoms with Gasteiger partial charge in [0.2, 0.25) is 5.91 Å². The molecule has 0 aromatic carbocycles. The normalized spacial score (nSPS) is 14.4. The third-order valence-electron chi connectivity index (χ3n) is 4.20. The van der Waals surface area contributed by atoms with Gasteiger partial charge in [-0.2, -0.15) is 5.26 Å². The van der Waals surface area contributed by atoms with E-state index >= 15 is 0 Å². The molecule has 9 heteroatoms. The van der Waals surface area contributed by atoms with Crippen LogP contribution in [0.3, 0.4) is 0 Å². The van der Waals surface area contributed by atoms with Crippen molar-refractivity contribution in [1.82, 2.24) is 20.5 Å². The van der Waals surface area contributed by atoms with Crippen LogP contribution in [0.1, 0.15) is 10.4 Å². The Hall–Kier alpha value is -2.96. The highest BCUT2D eigenvalue weighted by Crippen LogP contribution is 2.17. The molecule has 8 nitrogen and oxygen atoms in total. The molecule has 1 aliphatic heterocycles. The predicted molar refractivity (Wildman–Crippen MR) is 102 cm³/mol. The number of anilines is 1. The summed E-state index contributed by atoms with van der Waals surface area (Å²) in [7, 11) is 0. The van der Waals surface area contributed by atoms with Crippen LogP contribution >= 0.6 is 11.3 Å². The van der Waals surface area contributed by atoms with Crippen molar-refractivity contribution in [2.75, 3.05) is 37.6 Å².